The molecule has 0 unspecified atom stereocenters. The normalized spacial score (nSPS) is 13.4. The Balaban J connectivity index is 2.33. The molecule has 1 aliphatic heterocycles. The summed E-state index contributed by atoms with van der Waals surface area (Å²) in [6, 6.07) is 7.46. The van der Waals surface area contributed by atoms with Crippen LogP contribution in [0.3, 0.4) is 0 Å². The highest BCUT2D eigenvalue weighted by atomic mass is 16.5. The van der Waals surface area contributed by atoms with Gasteiger partial charge in [-0.1, -0.05) is 12.1 Å². The van der Waals surface area contributed by atoms with Crippen molar-refractivity contribution < 1.29 is 4.86 Å². The zero-order chi connectivity index (χ0) is 9.26. The molecule has 0 atom stereocenters. The minimum atomic E-state index is 0.0307. The zero-order valence-electron chi connectivity index (χ0n) is 6.74. The molecule has 0 saturated heterocycles. The van der Waals surface area contributed by atoms with E-state index in [4.69, 9.17) is 5.53 Å². The van der Waals surface area contributed by atoms with Gasteiger partial charge in [0, 0.05) is 0 Å². The maximum absolute atomic E-state index is 10.6. The number of rotatable bonds is 1. The van der Waals surface area contributed by atoms with Gasteiger partial charge in [-0.3, -0.25) is 0 Å². The number of para-hydroxylation sites is 2. The molecular formula is C8H8N4O. The van der Waals surface area contributed by atoms with Crippen LogP contribution in [0.1, 0.15) is 0 Å². The van der Waals surface area contributed by atoms with Gasteiger partial charge in [0.2, 0.25) is 0 Å². The van der Waals surface area contributed by atoms with Crippen LogP contribution in [-0.2, 0) is 0 Å². The average molecular weight is 176 g/mol. The number of hydrogen-bond donors (Lipinski definition) is 3. The summed E-state index contributed by atoms with van der Waals surface area (Å²) in [4.78, 5) is 0.0307. The minimum Gasteiger partial charge on any atom is -0.691 e. The number of hydrogen-bond acceptors (Lipinski definition) is 4. The molecule has 0 amide bonds. The summed E-state index contributed by atoms with van der Waals surface area (Å²) in [6.45, 7) is 0. The first-order valence-electron chi connectivity index (χ1n) is 3.78. The number of nitrogens with one attached hydrogen (secondary N) is 3. The van der Waals surface area contributed by atoms with Crippen LogP contribution >= 0.6 is 0 Å². The Morgan fingerprint density at radius 1 is 1.23 bits per heavy atom. The smallest absolute Gasteiger partial charge is 0.319 e. The molecule has 1 aromatic carbocycles. The van der Waals surface area contributed by atoms with E-state index in [1.54, 1.807) is 0 Å². The summed E-state index contributed by atoms with van der Waals surface area (Å²) in [5.41, 5.74) is 8.52. The lowest BCUT2D eigenvalue weighted by molar-refractivity contribution is -0.499. The second-order valence-corrected chi connectivity index (χ2v) is 2.64. The van der Waals surface area contributed by atoms with Crippen LogP contribution in [0.25, 0.3) is 0 Å². The van der Waals surface area contributed by atoms with E-state index in [0.717, 1.165) is 11.4 Å². The van der Waals surface area contributed by atoms with E-state index in [2.05, 4.69) is 10.6 Å². The van der Waals surface area contributed by atoms with Gasteiger partial charge >= 0.3 is 5.82 Å². The monoisotopic (exact) mass is 176 g/mol. The van der Waals surface area contributed by atoms with E-state index in [1.807, 2.05) is 24.3 Å². The van der Waals surface area contributed by atoms with E-state index in [0.29, 0.717) is 0 Å². The number of fused-ring (bicyclic) bond motifs is 1. The first kappa shape index (κ1) is 7.60. The molecule has 1 heterocycles. The van der Waals surface area contributed by atoms with Crippen molar-refractivity contribution in [3.05, 3.63) is 41.5 Å². The molecule has 1 aliphatic rings. The molecule has 66 valence electrons. The summed E-state index contributed by atoms with van der Waals surface area (Å²) in [7, 11) is 0. The van der Waals surface area contributed by atoms with Gasteiger partial charge in [-0.15, -0.1) is 10.4 Å². The SMILES string of the molecule is N=[N+]([O-])C1=CNc2ccccc2N1. The number of benzene rings is 1. The third-order valence-electron chi connectivity index (χ3n) is 1.77. The van der Waals surface area contributed by atoms with Gasteiger partial charge in [0.15, 0.2) is 0 Å². The summed E-state index contributed by atoms with van der Waals surface area (Å²) in [5, 5.41) is 16.3. The lowest BCUT2D eigenvalue weighted by Crippen LogP contribution is -2.15. The second-order valence-electron chi connectivity index (χ2n) is 2.64. The second kappa shape index (κ2) is 2.78. The third kappa shape index (κ3) is 1.31. The van der Waals surface area contributed by atoms with E-state index < -0.39 is 0 Å². The van der Waals surface area contributed by atoms with E-state index in [9.17, 15) is 5.21 Å². The molecule has 13 heavy (non-hydrogen) atoms. The first-order chi connectivity index (χ1) is 6.27. The van der Waals surface area contributed by atoms with E-state index in [1.165, 1.54) is 6.20 Å². The van der Waals surface area contributed by atoms with Crippen molar-refractivity contribution in [3.63, 3.8) is 0 Å². The molecule has 5 heteroatoms. The van der Waals surface area contributed by atoms with Crippen LogP contribution < -0.4 is 10.6 Å². The number of nitrogens with zero attached hydrogens (tertiary/aromatic N) is 1. The number of hydroxylamine groups is 1. The Kier molecular flexibility index (Phi) is 1.63. The van der Waals surface area contributed by atoms with Gasteiger partial charge in [0.1, 0.15) is 5.69 Å². The largest absolute Gasteiger partial charge is 0.691 e. The van der Waals surface area contributed by atoms with Crippen molar-refractivity contribution in [2.75, 3.05) is 10.6 Å². The molecule has 5 nitrogen and oxygen atoms in total. The fourth-order valence-electron chi connectivity index (χ4n) is 1.15. The molecule has 0 saturated carbocycles. The van der Waals surface area contributed by atoms with Crippen molar-refractivity contribution >= 4 is 11.4 Å². The molecular weight excluding hydrogens is 168 g/mol. The third-order valence-corrected chi connectivity index (χ3v) is 1.77. The van der Waals surface area contributed by atoms with Gasteiger partial charge in [0.05, 0.1) is 11.9 Å². The van der Waals surface area contributed by atoms with Crippen LogP contribution in [0.2, 0.25) is 0 Å². The Hall–Kier alpha value is -2.04. The standard InChI is InChI=1S/C8H8N4O/c9-12(13)8-5-10-6-3-1-2-4-7(6)11-8/h1-5,9-11H. The lowest BCUT2D eigenvalue weighted by atomic mass is 10.2. The van der Waals surface area contributed by atoms with Crippen molar-refractivity contribution in [2.24, 2.45) is 0 Å². The Morgan fingerprint density at radius 3 is 2.62 bits per heavy atom. The van der Waals surface area contributed by atoms with Gasteiger partial charge in [-0.25, -0.2) is 5.32 Å². The van der Waals surface area contributed by atoms with Crippen molar-refractivity contribution in [3.8, 4) is 0 Å². The minimum absolute atomic E-state index is 0.0307. The molecule has 3 N–H and O–H groups in total. The van der Waals surface area contributed by atoms with Gasteiger partial charge in [0.25, 0.3) is 0 Å². The van der Waals surface area contributed by atoms with Crippen LogP contribution in [0.4, 0.5) is 11.4 Å². The van der Waals surface area contributed by atoms with Crippen molar-refractivity contribution in [2.45, 2.75) is 0 Å². The van der Waals surface area contributed by atoms with Crippen molar-refractivity contribution in [1.29, 1.82) is 5.53 Å². The van der Waals surface area contributed by atoms with Crippen LogP contribution in [0.5, 0.6) is 0 Å². The topological polar surface area (TPSA) is 74.0 Å². The zero-order valence-corrected chi connectivity index (χ0v) is 6.74. The Morgan fingerprint density at radius 2 is 1.92 bits per heavy atom. The van der Waals surface area contributed by atoms with Crippen LogP contribution in [0.15, 0.2) is 36.3 Å². The summed E-state index contributed by atoms with van der Waals surface area (Å²) >= 11 is 0. The molecule has 0 spiro atoms. The van der Waals surface area contributed by atoms with E-state index in [-0.39, 0.29) is 10.7 Å². The summed E-state index contributed by atoms with van der Waals surface area (Å²) in [6.07, 6.45) is 1.46. The fraction of sp³-hybridized carbons (Fsp3) is 0. The van der Waals surface area contributed by atoms with Gasteiger partial charge in [-0.2, -0.15) is 0 Å². The van der Waals surface area contributed by atoms with Gasteiger partial charge < -0.3 is 10.5 Å². The first-order valence-corrected chi connectivity index (χ1v) is 3.78. The summed E-state index contributed by atoms with van der Waals surface area (Å²) < 4.78 is 0. The van der Waals surface area contributed by atoms with Crippen LogP contribution in [-0.4, -0.2) is 4.86 Å². The fourth-order valence-corrected chi connectivity index (χ4v) is 1.15. The molecule has 0 fully saturated rings. The predicted molar refractivity (Wildman–Crippen MR) is 48.1 cm³/mol. The highest BCUT2D eigenvalue weighted by Crippen LogP contribution is 2.25. The highest BCUT2D eigenvalue weighted by Gasteiger charge is 2.15. The highest BCUT2D eigenvalue weighted by molar-refractivity contribution is 5.73. The lowest BCUT2D eigenvalue weighted by Gasteiger charge is -2.15. The number of anilines is 2. The van der Waals surface area contributed by atoms with Gasteiger partial charge in [-0.05, 0) is 12.1 Å². The maximum Gasteiger partial charge on any atom is 0.319 e. The Bertz CT molecular complexity index is 385. The quantitative estimate of drug-likeness (QED) is 0.347. The summed E-state index contributed by atoms with van der Waals surface area (Å²) in [5.74, 6) is 0.179. The van der Waals surface area contributed by atoms with E-state index >= 15 is 0 Å². The molecule has 0 aromatic heterocycles. The molecule has 0 aliphatic carbocycles. The molecule has 0 bridgehead atoms. The molecule has 1 aromatic rings. The van der Waals surface area contributed by atoms with Crippen LogP contribution in [0, 0.1) is 10.7 Å². The average Bonchev–Trinajstić information content (AvgIpc) is 2.17. The maximum atomic E-state index is 10.6. The predicted octanol–water partition coefficient (Wildman–Crippen LogP) is 1.86. The van der Waals surface area contributed by atoms with Crippen molar-refractivity contribution in [1.82, 2.24) is 0 Å². The molecule has 0 radical (unpaired) electrons. The Labute approximate surface area is 74.8 Å². The molecule has 2 rings (SSSR count).